The number of aromatic nitrogens is 2. The highest BCUT2D eigenvalue weighted by atomic mass is 32.2. The maximum absolute atomic E-state index is 13.7. The molecule has 3 aliphatic rings. The summed E-state index contributed by atoms with van der Waals surface area (Å²) in [5.41, 5.74) is 5.05. The summed E-state index contributed by atoms with van der Waals surface area (Å²) in [5, 5.41) is 4.66. The number of likely N-dealkylation sites (tertiary alicyclic amines) is 1. The molecule has 0 N–H and O–H groups in total. The van der Waals surface area contributed by atoms with Gasteiger partial charge in [-0.1, -0.05) is 23.3 Å². The summed E-state index contributed by atoms with van der Waals surface area (Å²) < 4.78 is 44.5. The summed E-state index contributed by atoms with van der Waals surface area (Å²) in [6.45, 7) is 6.12. The van der Waals surface area contributed by atoms with E-state index in [-0.39, 0.29) is 11.2 Å². The van der Waals surface area contributed by atoms with Crippen LogP contribution in [0.2, 0.25) is 0 Å². The molecule has 2 aliphatic heterocycles. The monoisotopic (exact) mass is 520 g/mol. The number of halogens is 1. The van der Waals surface area contributed by atoms with Gasteiger partial charge in [-0.3, -0.25) is 0 Å². The molecule has 6 rings (SSSR count). The summed E-state index contributed by atoms with van der Waals surface area (Å²) in [7, 11) is -3.59. The van der Waals surface area contributed by atoms with Crippen molar-refractivity contribution in [3.05, 3.63) is 82.9 Å². The van der Waals surface area contributed by atoms with E-state index in [1.54, 1.807) is 28.6 Å². The normalized spacial score (nSPS) is 22.5. The van der Waals surface area contributed by atoms with Crippen molar-refractivity contribution in [3.63, 3.8) is 0 Å². The first-order valence-electron chi connectivity index (χ1n) is 13.2. The molecule has 0 amide bonds. The fourth-order valence-electron chi connectivity index (χ4n) is 6.19. The van der Waals surface area contributed by atoms with Gasteiger partial charge in [0.2, 0.25) is 10.0 Å². The smallest absolute Gasteiger partial charge is 0.243 e. The van der Waals surface area contributed by atoms with E-state index < -0.39 is 10.0 Å². The molecule has 37 heavy (non-hydrogen) atoms. The molecular formula is C29H33FN4O2S. The zero-order valence-electron chi connectivity index (χ0n) is 21.2. The molecule has 2 fully saturated rings. The Labute approximate surface area is 218 Å². The van der Waals surface area contributed by atoms with Crippen molar-refractivity contribution in [2.45, 2.75) is 43.9 Å². The molecule has 1 atom stereocenters. The number of rotatable bonds is 6. The minimum absolute atomic E-state index is 0.262. The number of benzene rings is 2. The fraction of sp³-hybridized carbons (Fsp3) is 0.414. The van der Waals surface area contributed by atoms with Crippen LogP contribution in [0, 0.1) is 18.2 Å². The van der Waals surface area contributed by atoms with Crippen LogP contribution in [0.25, 0.3) is 11.8 Å². The van der Waals surface area contributed by atoms with Crippen LogP contribution in [0.3, 0.4) is 0 Å². The maximum Gasteiger partial charge on any atom is 0.243 e. The fourth-order valence-corrected chi connectivity index (χ4v) is 7.72. The second-order valence-electron chi connectivity index (χ2n) is 10.8. The molecule has 0 saturated carbocycles. The van der Waals surface area contributed by atoms with Crippen LogP contribution in [0.4, 0.5) is 4.39 Å². The van der Waals surface area contributed by atoms with Gasteiger partial charge in [0.25, 0.3) is 0 Å². The second-order valence-corrected chi connectivity index (χ2v) is 12.7. The average Bonchev–Trinajstić information content (AvgIpc) is 3.56. The number of hydrogen-bond acceptors (Lipinski definition) is 4. The van der Waals surface area contributed by atoms with E-state index in [0.29, 0.717) is 24.4 Å². The Bertz CT molecular complexity index is 1420. The van der Waals surface area contributed by atoms with Gasteiger partial charge in [0.15, 0.2) is 0 Å². The molecule has 6 nitrogen and oxygen atoms in total. The molecule has 1 aliphatic carbocycles. The zero-order valence-corrected chi connectivity index (χ0v) is 22.1. The Kier molecular flexibility index (Phi) is 6.29. The highest BCUT2D eigenvalue weighted by Gasteiger charge is 2.46. The van der Waals surface area contributed by atoms with Crippen molar-refractivity contribution >= 4 is 16.1 Å². The summed E-state index contributed by atoms with van der Waals surface area (Å²) in [5.74, 6) is -0.272. The quantitative estimate of drug-likeness (QED) is 0.467. The third-order valence-corrected chi connectivity index (χ3v) is 10.2. The molecular weight excluding hydrogens is 487 g/mol. The van der Waals surface area contributed by atoms with E-state index >= 15 is 0 Å². The van der Waals surface area contributed by atoms with Crippen LogP contribution in [0.15, 0.2) is 65.2 Å². The lowest BCUT2D eigenvalue weighted by atomic mass is 9.67. The van der Waals surface area contributed by atoms with E-state index in [0.717, 1.165) is 55.0 Å². The number of hydrogen-bond donors (Lipinski definition) is 0. The van der Waals surface area contributed by atoms with Gasteiger partial charge < -0.3 is 4.90 Å². The van der Waals surface area contributed by atoms with Crippen molar-refractivity contribution in [3.8, 4) is 5.69 Å². The molecule has 2 saturated heterocycles. The molecule has 2 aromatic carbocycles. The molecule has 3 aromatic rings. The largest absolute Gasteiger partial charge is 0.303 e. The van der Waals surface area contributed by atoms with Crippen molar-refractivity contribution in [1.29, 1.82) is 0 Å². The minimum Gasteiger partial charge on any atom is -0.303 e. The first-order chi connectivity index (χ1) is 17.8. The standard InChI is InChI=1S/C29H33FN4O2S/c1-22-4-10-27(11-5-22)37(35,36)33-16-12-24-18-28-23(20-31-34(28)26-8-6-25(30)7-9-26)19-29(24,21-33)13-17-32-14-2-3-15-32/h4-11,18,20H,2-3,12-17,19,21H2,1H3/t29-/m1/s1. The van der Waals surface area contributed by atoms with Gasteiger partial charge in [0.05, 0.1) is 22.5 Å². The maximum atomic E-state index is 13.7. The molecule has 0 radical (unpaired) electrons. The number of fused-ring (bicyclic) bond motifs is 2. The molecule has 194 valence electrons. The van der Waals surface area contributed by atoms with Gasteiger partial charge in [-0.25, -0.2) is 17.5 Å². The van der Waals surface area contributed by atoms with E-state index in [9.17, 15) is 12.8 Å². The highest BCUT2D eigenvalue weighted by Crippen LogP contribution is 2.47. The number of sulfonamides is 1. The summed E-state index contributed by atoms with van der Waals surface area (Å²) in [6.07, 6.45) is 8.96. The Hall–Kier alpha value is -2.81. The zero-order chi connectivity index (χ0) is 25.6. The number of piperidine rings is 1. The molecule has 0 bridgehead atoms. The van der Waals surface area contributed by atoms with E-state index in [1.165, 1.54) is 30.5 Å². The Morgan fingerprint density at radius 1 is 1.00 bits per heavy atom. The number of nitrogens with zero attached hydrogens (tertiary/aromatic N) is 4. The van der Waals surface area contributed by atoms with Gasteiger partial charge in [-0.15, -0.1) is 0 Å². The Morgan fingerprint density at radius 2 is 1.73 bits per heavy atom. The molecule has 1 aromatic heterocycles. The average molecular weight is 521 g/mol. The van der Waals surface area contributed by atoms with Crippen LogP contribution in [0.1, 0.15) is 42.5 Å². The van der Waals surface area contributed by atoms with Crippen molar-refractivity contribution in [2.75, 3.05) is 32.7 Å². The highest BCUT2D eigenvalue weighted by molar-refractivity contribution is 7.89. The Morgan fingerprint density at radius 3 is 2.46 bits per heavy atom. The molecule has 8 heteroatoms. The van der Waals surface area contributed by atoms with E-state index in [4.69, 9.17) is 0 Å². The van der Waals surface area contributed by atoms with Gasteiger partial charge in [0.1, 0.15) is 5.82 Å². The third-order valence-electron chi connectivity index (χ3n) is 8.35. The van der Waals surface area contributed by atoms with Gasteiger partial charge in [-0.2, -0.15) is 9.40 Å². The van der Waals surface area contributed by atoms with Crippen LogP contribution in [-0.2, 0) is 16.4 Å². The van der Waals surface area contributed by atoms with Crippen LogP contribution < -0.4 is 0 Å². The van der Waals surface area contributed by atoms with Gasteiger partial charge in [0, 0.05) is 18.5 Å². The van der Waals surface area contributed by atoms with Crippen LogP contribution >= 0.6 is 0 Å². The predicted octanol–water partition coefficient (Wildman–Crippen LogP) is 4.83. The van der Waals surface area contributed by atoms with E-state index in [1.807, 2.05) is 29.9 Å². The molecule has 0 spiro atoms. The first-order valence-corrected chi connectivity index (χ1v) is 14.6. The van der Waals surface area contributed by atoms with Crippen molar-refractivity contribution in [2.24, 2.45) is 5.41 Å². The molecule has 0 unspecified atom stereocenters. The Balaban J connectivity index is 1.35. The van der Waals surface area contributed by atoms with Crippen LogP contribution in [-0.4, -0.2) is 60.1 Å². The number of aryl methyl sites for hydroxylation is 1. The summed E-state index contributed by atoms with van der Waals surface area (Å²) in [4.78, 5) is 2.87. The SMILES string of the molecule is Cc1ccc(S(=O)(=O)N2CCC3=Cc4c(cnn4-c4ccc(F)cc4)C[C@]3(CCN3CCCC3)C2)cc1. The predicted molar refractivity (Wildman–Crippen MR) is 142 cm³/mol. The van der Waals surface area contributed by atoms with E-state index in [2.05, 4.69) is 16.1 Å². The van der Waals surface area contributed by atoms with Gasteiger partial charge >= 0.3 is 0 Å². The minimum atomic E-state index is -3.59. The summed E-state index contributed by atoms with van der Waals surface area (Å²) in [6, 6.07) is 13.6. The van der Waals surface area contributed by atoms with Crippen LogP contribution in [0.5, 0.6) is 0 Å². The molecule has 3 heterocycles. The van der Waals surface area contributed by atoms with Gasteiger partial charge in [-0.05, 0) is 107 Å². The lowest BCUT2D eigenvalue weighted by Gasteiger charge is -2.46. The lowest BCUT2D eigenvalue weighted by Crippen LogP contribution is -2.50. The lowest BCUT2D eigenvalue weighted by molar-refractivity contribution is 0.172. The first kappa shape index (κ1) is 24.5. The summed E-state index contributed by atoms with van der Waals surface area (Å²) >= 11 is 0. The van der Waals surface area contributed by atoms with Crippen molar-refractivity contribution in [1.82, 2.24) is 19.0 Å². The topological polar surface area (TPSA) is 58.4 Å². The third kappa shape index (κ3) is 4.56. The van der Waals surface area contributed by atoms with Crippen molar-refractivity contribution < 1.29 is 12.8 Å². The second kappa shape index (κ2) is 9.49.